The largest absolute Gasteiger partial charge is 0.508 e. The highest BCUT2D eigenvalue weighted by Crippen LogP contribution is 2.21. The van der Waals surface area contributed by atoms with Crippen molar-refractivity contribution in [2.45, 2.75) is 31.8 Å². The fourth-order valence-electron chi connectivity index (χ4n) is 2.39. The lowest BCUT2D eigenvalue weighted by Crippen LogP contribution is -2.46. The Kier molecular flexibility index (Phi) is 3.97. The molecule has 1 aromatic carbocycles. The highest BCUT2D eigenvalue weighted by molar-refractivity contribution is 7.80. The number of piperidine rings is 1. The van der Waals surface area contributed by atoms with E-state index in [1.807, 2.05) is 12.1 Å². The molecule has 0 aliphatic carbocycles. The van der Waals surface area contributed by atoms with Gasteiger partial charge in [-0.15, -0.1) is 0 Å². The molecular formula is C13H18N2OS. The van der Waals surface area contributed by atoms with Gasteiger partial charge in [0, 0.05) is 6.54 Å². The average molecular weight is 250 g/mol. The van der Waals surface area contributed by atoms with E-state index in [0.29, 0.717) is 10.7 Å². The topological polar surface area (TPSA) is 49.5 Å². The van der Waals surface area contributed by atoms with Crippen molar-refractivity contribution in [1.29, 1.82) is 0 Å². The Morgan fingerprint density at radius 1 is 1.47 bits per heavy atom. The van der Waals surface area contributed by atoms with Crippen molar-refractivity contribution in [3.63, 3.8) is 0 Å². The molecule has 1 saturated heterocycles. The molecule has 1 heterocycles. The van der Waals surface area contributed by atoms with Crippen molar-refractivity contribution < 1.29 is 5.11 Å². The Hall–Kier alpha value is -1.13. The SMILES string of the molecule is NC(=S)C1CCCCN1Cc1cccc(O)c1. The molecule has 1 aliphatic heterocycles. The van der Waals surface area contributed by atoms with Gasteiger partial charge in [0.1, 0.15) is 5.75 Å². The van der Waals surface area contributed by atoms with Crippen LogP contribution < -0.4 is 5.73 Å². The van der Waals surface area contributed by atoms with E-state index >= 15 is 0 Å². The van der Waals surface area contributed by atoms with E-state index < -0.39 is 0 Å². The normalized spacial score (nSPS) is 21.3. The molecule has 17 heavy (non-hydrogen) atoms. The van der Waals surface area contributed by atoms with Crippen LogP contribution in [0.1, 0.15) is 24.8 Å². The van der Waals surface area contributed by atoms with Crippen LogP contribution in [0.5, 0.6) is 5.75 Å². The molecule has 3 nitrogen and oxygen atoms in total. The molecule has 4 heteroatoms. The van der Waals surface area contributed by atoms with E-state index in [1.54, 1.807) is 12.1 Å². The van der Waals surface area contributed by atoms with Crippen molar-refractivity contribution in [3.8, 4) is 5.75 Å². The fraction of sp³-hybridized carbons (Fsp3) is 0.462. The molecule has 0 spiro atoms. The zero-order chi connectivity index (χ0) is 12.3. The summed E-state index contributed by atoms with van der Waals surface area (Å²) < 4.78 is 0. The third-order valence-electron chi connectivity index (χ3n) is 3.24. The van der Waals surface area contributed by atoms with E-state index in [0.717, 1.165) is 25.1 Å². The van der Waals surface area contributed by atoms with Gasteiger partial charge in [-0.25, -0.2) is 0 Å². The first-order valence-electron chi connectivity index (χ1n) is 5.98. The summed E-state index contributed by atoms with van der Waals surface area (Å²) in [6, 6.07) is 7.58. The second-order valence-corrected chi connectivity index (χ2v) is 5.03. The number of thiocarbonyl (C=S) groups is 1. The summed E-state index contributed by atoms with van der Waals surface area (Å²) in [6.07, 6.45) is 3.44. The zero-order valence-corrected chi connectivity index (χ0v) is 10.6. The highest BCUT2D eigenvalue weighted by atomic mass is 32.1. The number of aromatic hydroxyl groups is 1. The molecule has 3 N–H and O–H groups in total. The number of phenols is 1. The van der Waals surface area contributed by atoms with Crippen molar-refractivity contribution in [1.82, 2.24) is 4.90 Å². The first kappa shape index (κ1) is 12.3. The number of phenolic OH excluding ortho intramolecular Hbond substituents is 1. The van der Waals surface area contributed by atoms with Crippen LogP contribution in [0.25, 0.3) is 0 Å². The maximum absolute atomic E-state index is 9.45. The van der Waals surface area contributed by atoms with Crippen molar-refractivity contribution in [2.75, 3.05) is 6.54 Å². The smallest absolute Gasteiger partial charge is 0.115 e. The molecule has 1 aliphatic rings. The number of nitrogens with two attached hydrogens (primary N) is 1. The number of hydrogen-bond donors (Lipinski definition) is 2. The first-order chi connectivity index (χ1) is 8.16. The summed E-state index contributed by atoms with van der Waals surface area (Å²) in [5, 5.41) is 9.45. The van der Waals surface area contributed by atoms with Gasteiger partial charge in [0.15, 0.2) is 0 Å². The van der Waals surface area contributed by atoms with Crippen molar-refractivity contribution in [3.05, 3.63) is 29.8 Å². The Morgan fingerprint density at radius 3 is 3.00 bits per heavy atom. The van der Waals surface area contributed by atoms with Crippen LogP contribution in [0.2, 0.25) is 0 Å². The minimum atomic E-state index is 0.209. The Morgan fingerprint density at radius 2 is 2.29 bits per heavy atom. The van der Waals surface area contributed by atoms with Gasteiger partial charge in [-0.2, -0.15) is 0 Å². The third kappa shape index (κ3) is 3.17. The van der Waals surface area contributed by atoms with Crippen LogP contribution in [0.15, 0.2) is 24.3 Å². The van der Waals surface area contributed by atoms with Crippen molar-refractivity contribution in [2.24, 2.45) is 5.73 Å². The van der Waals surface area contributed by atoms with Crippen LogP contribution in [0.3, 0.4) is 0 Å². The van der Waals surface area contributed by atoms with Crippen molar-refractivity contribution >= 4 is 17.2 Å². The molecular weight excluding hydrogens is 232 g/mol. The Bertz CT molecular complexity index is 408. The summed E-state index contributed by atoms with van der Waals surface area (Å²) in [7, 11) is 0. The third-order valence-corrected chi connectivity index (χ3v) is 3.51. The standard InChI is InChI=1S/C13H18N2OS/c14-13(17)12-6-1-2-7-15(12)9-10-4-3-5-11(16)8-10/h3-5,8,12,16H,1-2,6-7,9H2,(H2,14,17). The maximum Gasteiger partial charge on any atom is 0.115 e. The van der Waals surface area contributed by atoms with Gasteiger partial charge in [-0.05, 0) is 37.1 Å². The lowest BCUT2D eigenvalue weighted by Gasteiger charge is -2.35. The van der Waals surface area contributed by atoms with Crippen LogP contribution in [0.4, 0.5) is 0 Å². The fourth-order valence-corrected chi connectivity index (χ4v) is 2.66. The molecule has 1 unspecified atom stereocenters. The quantitative estimate of drug-likeness (QED) is 0.806. The molecule has 2 rings (SSSR count). The van der Waals surface area contributed by atoms with Gasteiger partial charge < -0.3 is 10.8 Å². The molecule has 0 bridgehead atoms. The average Bonchev–Trinajstić information content (AvgIpc) is 2.29. The summed E-state index contributed by atoms with van der Waals surface area (Å²) in [5.41, 5.74) is 6.89. The number of benzene rings is 1. The van der Waals surface area contributed by atoms with Crippen LogP contribution >= 0.6 is 12.2 Å². The van der Waals surface area contributed by atoms with Gasteiger partial charge in [0.25, 0.3) is 0 Å². The van der Waals surface area contributed by atoms with E-state index in [4.69, 9.17) is 18.0 Å². The lowest BCUT2D eigenvalue weighted by molar-refractivity contribution is 0.184. The second-order valence-electron chi connectivity index (χ2n) is 4.55. The minimum absolute atomic E-state index is 0.209. The molecule has 1 atom stereocenters. The Balaban J connectivity index is 2.08. The van der Waals surface area contributed by atoms with E-state index in [1.165, 1.54) is 12.8 Å². The van der Waals surface area contributed by atoms with Gasteiger partial charge in [0.2, 0.25) is 0 Å². The molecule has 1 aromatic rings. The zero-order valence-electron chi connectivity index (χ0n) is 9.80. The minimum Gasteiger partial charge on any atom is -0.508 e. The molecule has 0 saturated carbocycles. The number of nitrogens with zero attached hydrogens (tertiary/aromatic N) is 1. The number of hydrogen-bond acceptors (Lipinski definition) is 3. The molecule has 0 amide bonds. The van der Waals surface area contributed by atoms with Crippen LogP contribution in [-0.2, 0) is 6.54 Å². The summed E-state index contributed by atoms with van der Waals surface area (Å²) >= 11 is 5.12. The second kappa shape index (κ2) is 5.47. The van der Waals surface area contributed by atoms with Gasteiger partial charge >= 0.3 is 0 Å². The van der Waals surface area contributed by atoms with Gasteiger partial charge in [-0.1, -0.05) is 30.8 Å². The summed E-state index contributed by atoms with van der Waals surface area (Å²) in [4.78, 5) is 2.89. The molecule has 0 aromatic heterocycles. The van der Waals surface area contributed by atoms with Crippen LogP contribution in [-0.4, -0.2) is 27.6 Å². The van der Waals surface area contributed by atoms with E-state index in [-0.39, 0.29) is 6.04 Å². The first-order valence-corrected chi connectivity index (χ1v) is 6.39. The van der Waals surface area contributed by atoms with Gasteiger partial charge in [0.05, 0.1) is 11.0 Å². The van der Waals surface area contributed by atoms with Crippen LogP contribution in [0, 0.1) is 0 Å². The van der Waals surface area contributed by atoms with Gasteiger partial charge in [-0.3, -0.25) is 4.90 Å². The Labute approximate surface area is 107 Å². The van der Waals surface area contributed by atoms with E-state index in [9.17, 15) is 5.11 Å². The summed E-state index contributed by atoms with van der Waals surface area (Å²) in [5.74, 6) is 0.311. The number of likely N-dealkylation sites (tertiary alicyclic amines) is 1. The summed E-state index contributed by atoms with van der Waals surface area (Å²) in [6.45, 7) is 1.83. The monoisotopic (exact) mass is 250 g/mol. The number of rotatable bonds is 3. The maximum atomic E-state index is 9.45. The van der Waals surface area contributed by atoms with E-state index in [2.05, 4.69) is 4.90 Å². The molecule has 0 radical (unpaired) electrons. The predicted octanol–water partition coefficient (Wildman–Crippen LogP) is 2.03. The lowest BCUT2D eigenvalue weighted by atomic mass is 10.0. The predicted molar refractivity (Wildman–Crippen MR) is 72.9 cm³/mol. The molecule has 1 fully saturated rings. The highest BCUT2D eigenvalue weighted by Gasteiger charge is 2.24. The molecule has 92 valence electrons.